The van der Waals surface area contributed by atoms with Crippen molar-refractivity contribution in [1.29, 1.82) is 0 Å². The maximum Gasteiger partial charge on any atom is 0.328 e. The summed E-state index contributed by atoms with van der Waals surface area (Å²) in [4.78, 5) is 14.5. The molecule has 0 saturated carbocycles. The number of ether oxygens (including phenoxy) is 2. The van der Waals surface area contributed by atoms with Crippen LogP contribution in [0.5, 0.6) is 0 Å². The first-order valence-corrected chi connectivity index (χ1v) is 12.0. The average Bonchev–Trinajstić information content (AvgIpc) is 3.29. The summed E-state index contributed by atoms with van der Waals surface area (Å²) in [6, 6.07) is 1.18. The lowest BCUT2D eigenvalue weighted by Crippen LogP contribution is -2.50. The summed E-state index contributed by atoms with van der Waals surface area (Å²) in [6.07, 6.45) is 1.85. The van der Waals surface area contributed by atoms with Crippen LogP contribution in [0.4, 0.5) is 8.78 Å². The van der Waals surface area contributed by atoms with Gasteiger partial charge in [0.2, 0.25) is 0 Å². The van der Waals surface area contributed by atoms with Crippen molar-refractivity contribution in [3.8, 4) is 0 Å². The monoisotopic (exact) mass is 470 g/mol. The summed E-state index contributed by atoms with van der Waals surface area (Å²) in [5.74, 6) is -1.75. The van der Waals surface area contributed by atoms with Crippen molar-refractivity contribution >= 4 is 16.0 Å². The Labute approximate surface area is 184 Å². The van der Waals surface area contributed by atoms with Gasteiger partial charge in [-0.3, -0.25) is 4.90 Å². The number of hydrogen-bond donors (Lipinski definition) is 1. The Kier molecular flexibility index (Phi) is 6.05. The number of carbonyl (C=O) groups is 1. The SMILES string of the molecule is CCOC(=O)[C@@H]1c2cnn(S(C)(=O)=O)c2CN1[C@H]1CO[C@H](c2cc(F)ccc2F)[C@@H](N)C1. The van der Waals surface area contributed by atoms with Crippen molar-refractivity contribution in [2.75, 3.05) is 19.5 Å². The maximum absolute atomic E-state index is 14.2. The molecule has 2 aliphatic rings. The quantitative estimate of drug-likeness (QED) is 0.649. The molecule has 0 unspecified atom stereocenters. The number of rotatable bonds is 5. The van der Waals surface area contributed by atoms with Crippen molar-refractivity contribution in [2.24, 2.45) is 5.73 Å². The zero-order valence-electron chi connectivity index (χ0n) is 17.6. The zero-order valence-corrected chi connectivity index (χ0v) is 18.4. The van der Waals surface area contributed by atoms with Gasteiger partial charge in [-0.25, -0.2) is 22.0 Å². The van der Waals surface area contributed by atoms with E-state index in [1.807, 2.05) is 0 Å². The predicted octanol–water partition coefficient (Wildman–Crippen LogP) is 1.25. The van der Waals surface area contributed by atoms with Gasteiger partial charge in [-0.1, -0.05) is 0 Å². The number of carbonyl (C=O) groups excluding carboxylic acids is 1. The van der Waals surface area contributed by atoms with E-state index in [1.165, 1.54) is 6.20 Å². The van der Waals surface area contributed by atoms with Crippen molar-refractivity contribution in [2.45, 2.75) is 44.1 Å². The molecule has 0 radical (unpaired) electrons. The number of esters is 1. The highest BCUT2D eigenvalue weighted by Crippen LogP contribution is 2.40. The van der Waals surface area contributed by atoms with Crippen LogP contribution in [-0.4, -0.2) is 60.0 Å². The normalized spacial score (nSPS) is 26.2. The van der Waals surface area contributed by atoms with E-state index in [0.29, 0.717) is 17.7 Å². The molecule has 1 saturated heterocycles. The molecule has 0 aliphatic carbocycles. The van der Waals surface area contributed by atoms with Gasteiger partial charge in [-0.2, -0.15) is 9.19 Å². The summed E-state index contributed by atoms with van der Waals surface area (Å²) in [5.41, 5.74) is 7.13. The van der Waals surface area contributed by atoms with E-state index in [1.54, 1.807) is 11.8 Å². The summed E-state index contributed by atoms with van der Waals surface area (Å²) in [7, 11) is -3.67. The summed E-state index contributed by atoms with van der Waals surface area (Å²) in [6.45, 7) is 2.03. The van der Waals surface area contributed by atoms with Crippen LogP contribution in [0, 0.1) is 11.6 Å². The van der Waals surface area contributed by atoms with E-state index in [4.69, 9.17) is 15.2 Å². The number of hydrogen-bond acceptors (Lipinski definition) is 8. The molecule has 0 spiro atoms. The Balaban J connectivity index is 1.60. The molecule has 3 heterocycles. The van der Waals surface area contributed by atoms with Gasteiger partial charge < -0.3 is 15.2 Å². The van der Waals surface area contributed by atoms with Gasteiger partial charge in [0.25, 0.3) is 10.0 Å². The van der Waals surface area contributed by atoms with Crippen LogP contribution in [0.25, 0.3) is 0 Å². The van der Waals surface area contributed by atoms with Crippen LogP contribution in [0.1, 0.15) is 42.3 Å². The summed E-state index contributed by atoms with van der Waals surface area (Å²) < 4.78 is 64.0. The van der Waals surface area contributed by atoms with Crippen LogP contribution in [-0.2, 0) is 30.8 Å². The van der Waals surface area contributed by atoms with Crippen LogP contribution in [0.15, 0.2) is 24.4 Å². The molecule has 0 amide bonds. The smallest absolute Gasteiger partial charge is 0.328 e. The second-order valence-electron chi connectivity index (χ2n) is 7.95. The molecule has 2 N–H and O–H groups in total. The molecular weight excluding hydrogens is 446 g/mol. The Morgan fingerprint density at radius 3 is 2.75 bits per heavy atom. The maximum atomic E-state index is 14.2. The highest BCUT2D eigenvalue weighted by atomic mass is 32.2. The average molecular weight is 470 g/mol. The van der Waals surface area contributed by atoms with Crippen molar-refractivity contribution in [3.05, 3.63) is 52.9 Å². The molecule has 12 heteroatoms. The summed E-state index contributed by atoms with van der Waals surface area (Å²) >= 11 is 0. The largest absolute Gasteiger partial charge is 0.465 e. The van der Waals surface area contributed by atoms with Gasteiger partial charge in [-0.15, -0.1) is 0 Å². The topological polar surface area (TPSA) is 117 Å². The molecule has 32 heavy (non-hydrogen) atoms. The molecule has 0 bridgehead atoms. The van der Waals surface area contributed by atoms with Crippen LogP contribution in [0.3, 0.4) is 0 Å². The Morgan fingerprint density at radius 1 is 1.34 bits per heavy atom. The Morgan fingerprint density at radius 2 is 2.09 bits per heavy atom. The summed E-state index contributed by atoms with van der Waals surface area (Å²) in [5, 5.41) is 3.93. The standard InChI is InChI=1S/C20H24F2N4O5S/c1-3-30-20(27)18-14-8-24-26(32(2,28)29)17(14)9-25(18)12-7-16(23)19(31-10-12)13-6-11(21)4-5-15(13)22/h4-6,8,12,16,18-19H,3,7,9-10,23H2,1-2H3/t12-,16+,18+,19-/m1/s1. The fourth-order valence-corrected chi connectivity index (χ4v) is 5.21. The van der Waals surface area contributed by atoms with Crippen LogP contribution in [0.2, 0.25) is 0 Å². The lowest BCUT2D eigenvalue weighted by atomic mass is 9.93. The van der Waals surface area contributed by atoms with Crippen molar-refractivity contribution in [3.63, 3.8) is 0 Å². The van der Waals surface area contributed by atoms with Gasteiger partial charge >= 0.3 is 5.97 Å². The second kappa shape index (κ2) is 8.50. The van der Waals surface area contributed by atoms with E-state index >= 15 is 0 Å². The van der Waals surface area contributed by atoms with E-state index < -0.39 is 45.8 Å². The third kappa shape index (κ3) is 4.03. The van der Waals surface area contributed by atoms with Crippen LogP contribution >= 0.6 is 0 Å². The number of fused-ring (bicyclic) bond motifs is 1. The predicted molar refractivity (Wildman–Crippen MR) is 109 cm³/mol. The Bertz CT molecular complexity index is 1140. The number of aromatic nitrogens is 2. The van der Waals surface area contributed by atoms with E-state index in [0.717, 1.165) is 28.5 Å². The molecule has 1 aromatic carbocycles. The van der Waals surface area contributed by atoms with E-state index in [9.17, 15) is 22.0 Å². The van der Waals surface area contributed by atoms with Gasteiger partial charge in [0.05, 0.1) is 31.4 Å². The minimum atomic E-state index is -3.67. The Hall–Kier alpha value is -2.41. The minimum absolute atomic E-state index is 0.0373. The number of nitrogens with two attached hydrogens (primary N) is 1. The molecular formula is C20H24F2N4O5S. The van der Waals surface area contributed by atoms with Crippen molar-refractivity contribution in [1.82, 2.24) is 14.1 Å². The number of benzene rings is 1. The molecule has 2 aromatic rings. The van der Waals surface area contributed by atoms with E-state index in [-0.39, 0.29) is 31.4 Å². The van der Waals surface area contributed by atoms with Gasteiger partial charge in [0.15, 0.2) is 0 Å². The van der Waals surface area contributed by atoms with Gasteiger partial charge in [0, 0.05) is 29.8 Å². The molecule has 174 valence electrons. The molecule has 4 atom stereocenters. The van der Waals surface area contributed by atoms with Crippen molar-refractivity contribution < 1.29 is 31.5 Å². The highest BCUT2D eigenvalue weighted by molar-refractivity contribution is 7.89. The third-order valence-corrected chi connectivity index (χ3v) is 6.73. The molecule has 2 aliphatic heterocycles. The molecule has 1 aromatic heterocycles. The first kappa shape index (κ1) is 22.8. The highest BCUT2D eigenvalue weighted by Gasteiger charge is 2.46. The molecule has 4 rings (SSSR count). The van der Waals surface area contributed by atoms with Gasteiger partial charge in [-0.05, 0) is 31.5 Å². The molecule has 9 nitrogen and oxygen atoms in total. The number of nitrogens with zero attached hydrogens (tertiary/aromatic N) is 3. The van der Waals surface area contributed by atoms with Crippen LogP contribution < -0.4 is 5.73 Å². The second-order valence-corrected chi connectivity index (χ2v) is 9.76. The fraction of sp³-hybridized carbons (Fsp3) is 0.500. The lowest BCUT2D eigenvalue weighted by molar-refractivity contribution is -0.152. The molecule has 1 fully saturated rings. The van der Waals surface area contributed by atoms with E-state index in [2.05, 4.69) is 5.10 Å². The van der Waals surface area contributed by atoms with Gasteiger partial charge in [0.1, 0.15) is 23.8 Å². The fourth-order valence-electron chi connectivity index (χ4n) is 4.43. The first-order chi connectivity index (χ1) is 15.1. The number of halogens is 2. The minimum Gasteiger partial charge on any atom is -0.465 e. The first-order valence-electron chi connectivity index (χ1n) is 10.1. The third-order valence-electron chi connectivity index (χ3n) is 5.78. The lowest BCUT2D eigenvalue weighted by Gasteiger charge is -2.40. The zero-order chi connectivity index (χ0) is 23.2.